The number of carbonyl (C=O) groups is 2. The number of nitrogens with zero attached hydrogens (tertiary/aromatic N) is 3. The number of carboxylic acid groups (broad SMARTS) is 1. The van der Waals surface area contributed by atoms with Crippen LogP contribution in [0.1, 0.15) is 23.2 Å². The first kappa shape index (κ1) is 12.4. The van der Waals surface area contributed by atoms with Crippen LogP contribution in [-0.4, -0.2) is 57.7 Å². The lowest BCUT2D eigenvalue weighted by Gasteiger charge is -2.37. The summed E-state index contributed by atoms with van der Waals surface area (Å²) < 4.78 is 4.86. The molecule has 0 aromatic carbocycles. The number of carbonyl (C=O) groups excluding carboxylic acids is 1. The normalized spacial score (nSPS) is 20.0. The van der Waals surface area contributed by atoms with Crippen molar-refractivity contribution in [2.24, 2.45) is 0 Å². The molecule has 7 heteroatoms. The van der Waals surface area contributed by atoms with E-state index in [1.807, 2.05) is 0 Å². The zero-order valence-corrected chi connectivity index (χ0v) is 10.3. The van der Waals surface area contributed by atoms with Crippen LogP contribution < -0.4 is 0 Å². The molecule has 2 amide bonds. The van der Waals surface area contributed by atoms with Crippen molar-refractivity contribution in [2.45, 2.75) is 19.9 Å². The summed E-state index contributed by atoms with van der Waals surface area (Å²) in [5.41, 5.74) is 0.267. The summed E-state index contributed by atoms with van der Waals surface area (Å²) in [7, 11) is 0. The van der Waals surface area contributed by atoms with Gasteiger partial charge >= 0.3 is 6.09 Å². The Balaban J connectivity index is 2.04. The van der Waals surface area contributed by atoms with Gasteiger partial charge < -0.3 is 19.4 Å². The molecular weight excluding hydrogens is 238 g/mol. The van der Waals surface area contributed by atoms with Gasteiger partial charge in [-0.1, -0.05) is 5.16 Å². The summed E-state index contributed by atoms with van der Waals surface area (Å²) in [6.07, 6.45) is -0.952. The second-order valence-electron chi connectivity index (χ2n) is 4.40. The number of rotatable bonds is 1. The van der Waals surface area contributed by atoms with Gasteiger partial charge in [-0.05, 0) is 13.8 Å². The van der Waals surface area contributed by atoms with Gasteiger partial charge in [-0.15, -0.1) is 0 Å². The molecule has 0 bridgehead atoms. The van der Waals surface area contributed by atoms with Crippen molar-refractivity contribution in [3.05, 3.63) is 17.5 Å². The number of piperazine rings is 1. The topological polar surface area (TPSA) is 86.9 Å². The fourth-order valence-electron chi connectivity index (χ4n) is 2.06. The second-order valence-corrected chi connectivity index (χ2v) is 4.40. The van der Waals surface area contributed by atoms with Crippen molar-refractivity contribution in [1.29, 1.82) is 0 Å². The Kier molecular flexibility index (Phi) is 3.22. The molecule has 0 unspecified atom stereocenters. The van der Waals surface area contributed by atoms with Crippen LogP contribution in [0.5, 0.6) is 0 Å². The van der Waals surface area contributed by atoms with E-state index in [1.165, 1.54) is 4.90 Å². The molecule has 0 spiro atoms. The van der Waals surface area contributed by atoms with E-state index >= 15 is 0 Å². The first-order valence-corrected chi connectivity index (χ1v) is 5.71. The standard InChI is InChI=1S/C11H15N3O4/c1-7-6-13(3-4-14(7)11(16)17)10(15)9-5-8(2)18-12-9/h5,7H,3-4,6H2,1-2H3,(H,16,17)/t7-/m0/s1. The van der Waals surface area contributed by atoms with Gasteiger partial charge in [0, 0.05) is 31.7 Å². The van der Waals surface area contributed by atoms with Gasteiger partial charge in [-0.3, -0.25) is 4.79 Å². The molecule has 7 nitrogen and oxygen atoms in total. The Bertz CT molecular complexity index is 471. The van der Waals surface area contributed by atoms with Gasteiger partial charge in [-0.25, -0.2) is 4.79 Å². The van der Waals surface area contributed by atoms with E-state index in [9.17, 15) is 9.59 Å². The van der Waals surface area contributed by atoms with Crippen LogP contribution in [0.15, 0.2) is 10.6 Å². The Labute approximate surface area is 104 Å². The highest BCUT2D eigenvalue weighted by atomic mass is 16.5. The largest absolute Gasteiger partial charge is 0.465 e. The van der Waals surface area contributed by atoms with Crippen LogP contribution >= 0.6 is 0 Å². The summed E-state index contributed by atoms with van der Waals surface area (Å²) in [5, 5.41) is 12.6. The molecule has 2 rings (SSSR count). The van der Waals surface area contributed by atoms with Crippen molar-refractivity contribution >= 4 is 12.0 Å². The van der Waals surface area contributed by atoms with Gasteiger partial charge in [0.1, 0.15) is 5.76 Å². The minimum Gasteiger partial charge on any atom is -0.465 e. The molecule has 1 aliphatic rings. The quantitative estimate of drug-likeness (QED) is 0.800. The predicted molar refractivity (Wildman–Crippen MR) is 61.3 cm³/mol. The highest BCUT2D eigenvalue weighted by Crippen LogP contribution is 2.13. The Morgan fingerprint density at radius 2 is 2.22 bits per heavy atom. The third-order valence-electron chi connectivity index (χ3n) is 3.01. The summed E-state index contributed by atoms with van der Waals surface area (Å²) in [6, 6.07) is 1.37. The molecule has 1 aromatic rings. The summed E-state index contributed by atoms with van der Waals surface area (Å²) in [4.78, 5) is 25.9. The van der Waals surface area contributed by atoms with Crippen LogP contribution in [0.4, 0.5) is 4.79 Å². The summed E-state index contributed by atoms with van der Waals surface area (Å²) in [5.74, 6) is 0.360. The van der Waals surface area contributed by atoms with Gasteiger partial charge in [0.05, 0.1) is 0 Å². The third kappa shape index (κ3) is 2.29. The average Bonchev–Trinajstić information content (AvgIpc) is 2.74. The van der Waals surface area contributed by atoms with Gasteiger partial charge in [0.15, 0.2) is 5.69 Å². The van der Waals surface area contributed by atoms with Crippen LogP contribution in [0.2, 0.25) is 0 Å². The molecule has 0 saturated carbocycles. The lowest BCUT2D eigenvalue weighted by molar-refractivity contribution is 0.0498. The van der Waals surface area contributed by atoms with E-state index in [0.717, 1.165) is 0 Å². The maximum absolute atomic E-state index is 12.1. The Morgan fingerprint density at radius 3 is 2.72 bits per heavy atom. The maximum Gasteiger partial charge on any atom is 0.407 e. The van der Waals surface area contributed by atoms with Crippen LogP contribution in [-0.2, 0) is 0 Å². The predicted octanol–water partition coefficient (Wildman–Crippen LogP) is 0.807. The fraction of sp³-hybridized carbons (Fsp3) is 0.545. The van der Waals surface area contributed by atoms with Gasteiger partial charge in [0.25, 0.3) is 5.91 Å². The van der Waals surface area contributed by atoms with Crippen molar-refractivity contribution < 1.29 is 19.2 Å². The van der Waals surface area contributed by atoms with Crippen LogP contribution in [0.25, 0.3) is 0 Å². The maximum atomic E-state index is 12.1. The Morgan fingerprint density at radius 1 is 1.50 bits per heavy atom. The highest BCUT2D eigenvalue weighted by molar-refractivity contribution is 5.92. The average molecular weight is 253 g/mol. The van der Waals surface area contributed by atoms with E-state index in [4.69, 9.17) is 9.63 Å². The monoisotopic (exact) mass is 253 g/mol. The Hall–Kier alpha value is -2.05. The number of hydrogen-bond donors (Lipinski definition) is 1. The molecule has 1 atom stereocenters. The zero-order chi connectivity index (χ0) is 13.3. The van der Waals surface area contributed by atoms with E-state index in [-0.39, 0.29) is 17.6 Å². The number of aromatic nitrogens is 1. The molecule has 0 aliphatic carbocycles. The van der Waals surface area contributed by atoms with E-state index in [1.54, 1.807) is 24.8 Å². The van der Waals surface area contributed by atoms with Crippen LogP contribution in [0.3, 0.4) is 0 Å². The van der Waals surface area contributed by atoms with Crippen molar-refractivity contribution in [1.82, 2.24) is 15.0 Å². The van der Waals surface area contributed by atoms with Gasteiger partial charge in [0.2, 0.25) is 0 Å². The molecular formula is C11H15N3O4. The van der Waals surface area contributed by atoms with E-state index in [0.29, 0.717) is 25.4 Å². The molecule has 1 fully saturated rings. The van der Waals surface area contributed by atoms with E-state index < -0.39 is 6.09 Å². The van der Waals surface area contributed by atoms with Crippen molar-refractivity contribution in [2.75, 3.05) is 19.6 Å². The smallest absolute Gasteiger partial charge is 0.407 e. The summed E-state index contributed by atoms with van der Waals surface area (Å²) >= 11 is 0. The van der Waals surface area contributed by atoms with Gasteiger partial charge in [-0.2, -0.15) is 0 Å². The zero-order valence-electron chi connectivity index (χ0n) is 10.3. The molecule has 1 aromatic heterocycles. The number of amides is 2. The van der Waals surface area contributed by atoms with Crippen molar-refractivity contribution in [3.8, 4) is 0 Å². The molecule has 2 heterocycles. The number of aryl methyl sites for hydroxylation is 1. The van der Waals surface area contributed by atoms with E-state index in [2.05, 4.69) is 5.16 Å². The van der Waals surface area contributed by atoms with Crippen molar-refractivity contribution in [3.63, 3.8) is 0 Å². The molecule has 1 saturated heterocycles. The lowest BCUT2D eigenvalue weighted by atomic mass is 10.2. The SMILES string of the molecule is Cc1cc(C(=O)N2CCN(C(=O)O)[C@@H](C)C2)no1. The first-order chi connectivity index (χ1) is 8.49. The molecule has 18 heavy (non-hydrogen) atoms. The minimum atomic E-state index is -0.952. The first-order valence-electron chi connectivity index (χ1n) is 5.71. The minimum absolute atomic E-state index is 0.215. The molecule has 1 aliphatic heterocycles. The van der Waals surface area contributed by atoms with Crippen LogP contribution in [0, 0.1) is 6.92 Å². The third-order valence-corrected chi connectivity index (χ3v) is 3.01. The number of hydrogen-bond acceptors (Lipinski definition) is 4. The summed E-state index contributed by atoms with van der Waals surface area (Å²) in [6.45, 7) is 4.56. The highest BCUT2D eigenvalue weighted by Gasteiger charge is 2.30. The fourth-order valence-corrected chi connectivity index (χ4v) is 2.06. The molecule has 1 N–H and O–H groups in total. The molecule has 0 radical (unpaired) electrons. The second kappa shape index (κ2) is 4.67. The molecule has 98 valence electrons. The lowest BCUT2D eigenvalue weighted by Crippen LogP contribution is -2.55.